The van der Waals surface area contributed by atoms with E-state index in [-0.39, 0.29) is 35.4 Å². The largest absolute Gasteiger partial charge is 0.381 e. The third-order valence-corrected chi connectivity index (χ3v) is 9.04. The standard InChI is InChI=1S/C22H27FO4/c1-11-7-14-15-9-17(23)16-8-13(25)5-6-19(16,3)22(15)18(27-22)10-20(14,4)21(11,26)12(2)24/h5-6,8,11,14-15,17-18,26H,7,9-10H2,1-4H3/t11-,14+,15+,17+,18+,19+,20+,21+,22-/m1/s1. The molecule has 146 valence electrons. The highest BCUT2D eigenvalue weighted by Gasteiger charge is 2.82. The lowest BCUT2D eigenvalue weighted by Crippen LogP contribution is -2.62. The molecule has 9 atom stereocenters. The van der Waals surface area contributed by atoms with E-state index in [1.807, 2.05) is 26.8 Å². The molecular weight excluding hydrogens is 347 g/mol. The normalized spacial score (nSPS) is 57.9. The fraction of sp³-hybridized carbons (Fsp3) is 0.727. The summed E-state index contributed by atoms with van der Waals surface area (Å²) in [5.41, 5.74) is -2.64. The van der Waals surface area contributed by atoms with Gasteiger partial charge in [0.25, 0.3) is 0 Å². The smallest absolute Gasteiger partial charge is 0.178 e. The van der Waals surface area contributed by atoms with Crippen LogP contribution >= 0.6 is 0 Å². The summed E-state index contributed by atoms with van der Waals surface area (Å²) in [6.45, 7) is 7.39. The minimum atomic E-state index is -1.39. The van der Waals surface area contributed by atoms with E-state index >= 15 is 4.39 Å². The summed E-state index contributed by atoms with van der Waals surface area (Å²) >= 11 is 0. The minimum absolute atomic E-state index is 0.0165. The van der Waals surface area contributed by atoms with Crippen molar-refractivity contribution in [2.75, 3.05) is 0 Å². The number of ketones is 2. The first kappa shape index (κ1) is 17.7. The predicted molar refractivity (Wildman–Crippen MR) is 96.6 cm³/mol. The maximum Gasteiger partial charge on any atom is 0.178 e. The van der Waals surface area contributed by atoms with Gasteiger partial charge in [-0.3, -0.25) is 9.59 Å². The molecule has 0 radical (unpaired) electrons. The third kappa shape index (κ3) is 1.69. The molecule has 0 aromatic heterocycles. The first-order valence-corrected chi connectivity index (χ1v) is 10.0. The molecule has 1 aliphatic heterocycles. The highest BCUT2D eigenvalue weighted by atomic mass is 19.1. The molecular formula is C22H27FO4. The Morgan fingerprint density at radius 1 is 1.30 bits per heavy atom. The van der Waals surface area contributed by atoms with Gasteiger partial charge in [0, 0.05) is 10.8 Å². The topological polar surface area (TPSA) is 66.9 Å². The van der Waals surface area contributed by atoms with Crippen LogP contribution in [0.25, 0.3) is 0 Å². The first-order valence-electron chi connectivity index (χ1n) is 10.0. The number of carbonyl (C=O) groups is 2. The van der Waals surface area contributed by atoms with E-state index in [1.165, 1.54) is 19.1 Å². The van der Waals surface area contributed by atoms with Crippen LogP contribution < -0.4 is 0 Å². The second-order valence-electron chi connectivity index (χ2n) is 9.93. The fourth-order valence-electron chi connectivity index (χ4n) is 7.73. The molecule has 5 heteroatoms. The van der Waals surface area contributed by atoms with Crippen molar-refractivity contribution in [1.29, 1.82) is 0 Å². The van der Waals surface area contributed by atoms with Crippen molar-refractivity contribution in [3.05, 3.63) is 23.8 Å². The Labute approximate surface area is 158 Å². The zero-order chi connectivity index (χ0) is 19.6. The third-order valence-electron chi connectivity index (χ3n) is 9.04. The molecule has 5 aliphatic rings. The van der Waals surface area contributed by atoms with Gasteiger partial charge >= 0.3 is 0 Å². The van der Waals surface area contributed by atoms with Crippen LogP contribution in [0.1, 0.15) is 47.0 Å². The number of alkyl halides is 1. The van der Waals surface area contributed by atoms with Gasteiger partial charge in [-0.1, -0.05) is 19.9 Å². The number of rotatable bonds is 1. The molecule has 1 saturated heterocycles. The average molecular weight is 374 g/mol. The minimum Gasteiger partial charge on any atom is -0.381 e. The number of fused-ring (bicyclic) bond motifs is 3. The molecule has 1 N–H and O–H groups in total. The van der Waals surface area contributed by atoms with E-state index in [9.17, 15) is 14.7 Å². The first-order chi connectivity index (χ1) is 12.5. The van der Waals surface area contributed by atoms with E-state index in [4.69, 9.17) is 4.74 Å². The molecule has 5 rings (SSSR count). The summed E-state index contributed by atoms with van der Waals surface area (Å²) in [5, 5.41) is 11.4. The van der Waals surface area contributed by atoms with Gasteiger partial charge in [-0.15, -0.1) is 0 Å². The molecule has 0 aromatic carbocycles. The summed E-state index contributed by atoms with van der Waals surface area (Å²) in [4.78, 5) is 24.4. The number of carbonyl (C=O) groups excluding carboxylic acids is 2. The Morgan fingerprint density at radius 2 is 2.00 bits per heavy atom. The van der Waals surface area contributed by atoms with Gasteiger partial charge in [0.05, 0.1) is 6.10 Å². The number of allylic oxidation sites excluding steroid dienone is 2. The SMILES string of the molecule is CC(=O)[C@@]1(O)[C@H](C)C[C@H]2[C@@H]3C[C@H](F)C4=CC(=O)C=C[C@]4(C)[C@@]34O[C@H]4C[C@@]21C. The van der Waals surface area contributed by atoms with Crippen LogP contribution in [-0.4, -0.2) is 40.2 Å². The molecule has 4 nitrogen and oxygen atoms in total. The number of aliphatic hydroxyl groups is 1. The van der Waals surface area contributed by atoms with E-state index in [1.54, 1.807) is 0 Å². The Kier molecular flexibility index (Phi) is 3.15. The summed E-state index contributed by atoms with van der Waals surface area (Å²) in [6.07, 6.45) is 5.07. The summed E-state index contributed by atoms with van der Waals surface area (Å²) in [7, 11) is 0. The second-order valence-corrected chi connectivity index (χ2v) is 9.93. The van der Waals surface area contributed by atoms with Crippen LogP contribution in [-0.2, 0) is 14.3 Å². The van der Waals surface area contributed by atoms with E-state index in [0.717, 1.165) is 0 Å². The average Bonchev–Trinajstić information content (AvgIpc) is 3.27. The van der Waals surface area contributed by atoms with Gasteiger partial charge in [-0.25, -0.2) is 4.39 Å². The van der Waals surface area contributed by atoms with E-state index in [2.05, 4.69) is 0 Å². The highest BCUT2D eigenvalue weighted by Crippen LogP contribution is 2.76. The van der Waals surface area contributed by atoms with E-state index in [0.29, 0.717) is 24.8 Å². The number of hydrogen-bond donors (Lipinski definition) is 1. The van der Waals surface area contributed by atoms with Crippen LogP contribution in [0.15, 0.2) is 23.8 Å². The second kappa shape index (κ2) is 4.80. The van der Waals surface area contributed by atoms with Gasteiger partial charge in [-0.05, 0) is 68.6 Å². The number of Topliss-reactive ketones (excluding diaryl/α,β-unsaturated/α-hetero) is 1. The number of halogens is 1. The Balaban J connectivity index is 1.64. The Bertz CT molecular complexity index is 832. The number of epoxide rings is 1. The van der Waals surface area contributed by atoms with Crippen molar-refractivity contribution in [2.24, 2.45) is 28.6 Å². The van der Waals surface area contributed by atoms with E-state index < -0.39 is 28.2 Å². The van der Waals surface area contributed by atoms with Crippen molar-refractivity contribution in [3.63, 3.8) is 0 Å². The zero-order valence-corrected chi connectivity index (χ0v) is 16.3. The molecule has 0 bridgehead atoms. The fourth-order valence-corrected chi connectivity index (χ4v) is 7.73. The molecule has 4 fully saturated rings. The number of ether oxygens (including phenoxy) is 1. The molecule has 0 aromatic rings. The van der Waals surface area contributed by atoms with Gasteiger partial charge in [0.2, 0.25) is 0 Å². The lowest BCUT2D eigenvalue weighted by atomic mass is 9.46. The van der Waals surface area contributed by atoms with Crippen molar-refractivity contribution < 1.29 is 23.8 Å². The van der Waals surface area contributed by atoms with Gasteiger partial charge < -0.3 is 9.84 Å². The lowest BCUT2D eigenvalue weighted by molar-refractivity contribution is -0.161. The van der Waals surface area contributed by atoms with Gasteiger partial charge in [-0.2, -0.15) is 0 Å². The van der Waals surface area contributed by atoms with Crippen molar-refractivity contribution in [1.82, 2.24) is 0 Å². The summed E-state index contributed by atoms with van der Waals surface area (Å²) in [6, 6.07) is 0. The molecule has 0 unspecified atom stereocenters. The highest BCUT2D eigenvalue weighted by molar-refractivity contribution is 6.01. The molecule has 1 spiro atoms. The lowest BCUT2D eigenvalue weighted by Gasteiger charge is -2.56. The van der Waals surface area contributed by atoms with Crippen molar-refractivity contribution >= 4 is 11.6 Å². The van der Waals surface area contributed by atoms with Crippen molar-refractivity contribution in [3.8, 4) is 0 Å². The van der Waals surface area contributed by atoms with Crippen LogP contribution in [0, 0.1) is 28.6 Å². The molecule has 1 heterocycles. The predicted octanol–water partition coefficient (Wildman–Crippen LogP) is 2.94. The molecule has 4 aliphatic carbocycles. The molecule has 27 heavy (non-hydrogen) atoms. The maximum atomic E-state index is 15.3. The number of hydrogen-bond acceptors (Lipinski definition) is 4. The quantitative estimate of drug-likeness (QED) is 0.717. The monoisotopic (exact) mass is 374 g/mol. The zero-order valence-electron chi connectivity index (χ0n) is 16.3. The van der Waals surface area contributed by atoms with Crippen LogP contribution in [0.5, 0.6) is 0 Å². The maximum absolute atomic E-state index is 15.3. The summed E-state index contributed by atoms with van der Waals surface area (Å²) in [5.74, 6) is -0.588. The van der Waals surface area contributed by atoms with Crippen LogP contribution in [0.4, 0.5) is 4.39 Å². The molecule has 0 amide bonds. The Hall–Kier alpha value is -1.33. The van der Waals surface area contributed by atoms with Crippen LogP contribution in [0.2, 0.25) is 0 Å². The Morgan fingerprint density at radius 3 is 2.67 bits per heavy atom. The summed E-state index contributed by atoms with van der Waals surface area (Å²) < 4.78 is 21.6. The van der Waals surface area contributed by atoms with Gasteiger partial charge in [0.15, 0.2) is 11.6 Å². The van der Waals surface area contributed by atoms with Gasteiger partial charge in [0.1, 0.15) is 17.4 Å². The van der Waals surface area contributed by atoms with Crippen molar-refractivity contribution in [2.45, 2.75) is 70.4 Å². The van der Waals surface area contributed by atoms with Crippen LogP contribution in [0.3, 0.4) is 0 Å². The molecule has 3 saturated carbocycles.